The molecule has 0 spiro atoms. The molecule has 0 radical (unpaired) electrons. The highest BCUT2D eigenvalue weighted by atomic mass is 32.2. The quantitative estimate of drug-likeness (QED) is 0.193. The van der Waals surface area contributed by atoms with Gasteiger partial charge in [-0.1, -0.05) is 34.1 Å². The van der Waals surface area contributed by atoms with Crippen LogP contribution in [0.25, 0.3) is 0 Å². The monoisotopic (exact) mass is 476 g/mol. The number of carboxylic acid groups (broad SMARTS) is 1. The minimum absolute atomic E-state index is 0.0105. The van der Waals surface area contributed by atoms with Crippen molar-refractivity contribution in [3.8, 4) is 0 Å². The number of carbonyl (C=O) groups excluding carboxylic acids is 3. The lowest BCUT2D eigenvalue weighted by molar-refractivity contribution is -0.143. The van der Waals surface area contributed by atoms with E-state index in [9.17, 15) is 29.4 Å². The molecule has 0 fully saturated rings. The molecule has 0 aromatic carbocycles. The Balaban J connectivity index is 5.42. The average Bonchev–Trinajstić information content (AvgIpc) is 2.71. The zero-order valence-corrected chi connectivity index (χ0v) is 20.7. The predicted octanol–water partition coefficient (Wildman–Crippen LogP) is 0.0788. The van der Waals surface area contributed by atoms with Crippen LogP contribution in [0.1, 0.15) is 53.9 Å². The number of carboxylic acids is 1. The second kappa shape index (κ2) is 15.1. The molecule has 0 saturated carbocycles. The second-order valence-electron chi connectivity index (χ2n) is 8.52. The molecule has 0 rings (SSSR count). The number of thioether (sulfide) groups is 1. The van der Waals surface area contributed by atoms with Crippen molar-refractivity contribution in [1.29, 1.82) is 0 Å². The lowest BCUT2D eigenvalue weighted by atomic mass is 9.97. The van der Waals surface area contributed by atoms with Crippen LogP contribution in [0.5, 0.6) is 0 Å². The van der Waals surface area contributed by atoms with Crippen molar-refractivity contribution in [3.05, 3.63) is 0 Å². The van der Waals surface area contributed by atoms with Gasteiger partial charge in [-0.2, -0.15) is 11.8 Å². The number of aliphatic carboxylic acids is 1. The summed E-state index contributed by atoms with van der Waals surface area (Å²) >= 11 is 1.56. The zero-order valence-electron chi connectivity index (χ0n) is 19.9. The number of aliphatic hydroxyl groups is 1. The van der Waals surface area contributed by atoms with Gasteiger partial charge >= 0.3 is 5.97 Å². The highest BCUT2D eigenvalue weighted by Crippen LogP contribution is 2.11. The molecule has 10 nitrogen and oxygen atoms in total. The number of nitrogens with two attached hydrogens (primary N) is 1. The number of aliphatic hydroxyl groups excluding tert-OH is 1. The fourth-order valence-electron chi connectivity index (χ4n) is 2.94. The molecule has 0 saturated heterocycles. The van der Waals surface area contributed by atoms with E-state index in [-0.39, 0.29) is 18.3 Å². The van der Waals surface area contributed by atoms with Crippen LogP contribution in [-0.4, -0.2) is 76.2 Å². The number of amides is 3. The lowest BCUT2D eigenvalue weighted by Gasteiger charge is -2.29. The van der Waals surface area contributed by atoms with E-state index >= 15 is 0 Å². The van der Waals surface area contributed by atoms with Gasteiger partial charge in [0.25, 0.3) is 0 Å². The Morgan fingerprint density at radius 2 is 1.47 bits per heavy atom. The number of carbonyl (C=O) groups is 4. The van der Waals surface area contributed by atoms with E-state index in [0.717, 1.165) is 0 Å². The van der Waals surface area contributed by atoms with Crippen LogP contribution in [0.15, 0.2) is 0 Å². The van der Waals surface area contributed by atoms with Crippen molar-refractivity contribution in [2.45, 2.75) is 84.2 Å². The Morgan fingerprint density at radius 3 is 1.91 bits per heavy atom. The summed E-state index contributed by atoms with van der Waals surface area (Å²) in [5.74, 6) is -2.70. The van der Waals surface area contributed by atoms with Crippen LogP contribution in [0, 0.1) is 11.8 Å². The summed E-state index contributed by atoms with van der Waals surface area (Å²) in [4.78, 5) is 49.5. The van der Waals surface area contributed by atoms with Gasteiger partial charge in [-0.3, -0.25) is 14.4 Å². The largest absolute Gasteiger partial charge is 0.480 e. The fraction of sp³-hybridized carbons (Fsp3) is 0.810. The van der Waals surface area contributed by atoms with E-state index in [1.807, 2.05) is 27.0 Å². The summed E-state index contributed by atoms with van der Waals surface area (Å²) in [7, 11) is 0. The van der Waals surface area contributed by atoms with E-state index in [0.29, 0.717) is 18.6 Å². The van der Waals surface area contributed by atoms with Crippen molar-refractivity contribution in [3.63, 3.8) is 0 Å². The highest BCUT2D eigenvalue weighted by Gasteiger charge is 2.34. The molecule has 0 bridgehead atoms. The van der Waals surface area contributed by atoms with Crippen molar-refractivity contribution < 1.29 is 29.4 Å². The van der Waals surface area contributed by atoms with Crippen LogP contribution in [-0.2, 0) is 19.2 Å². The van der Waals surface area contributed by atoms with Crippen LogP contribution < -0.4 is 21.7 Å². The van der Waals surface area contributed by atoms with Gasteiger partial charge in [0.2, 0.25) is 17.7 Å². The first-order valence-electron chi connectivity index (χ1n) is 10.9. The molecule has 7 N–H and O–H groups in total. The van der Waals surface area contributed by atoms with Gasteiger partial charge in [0.05, 0.1) is 12.1 Å². The maximum Gasteiger partial charge on any atom is 0.326 e. The molecular formula is C21H40N4O6S. The Labute approximate surface area is 194 Å². The number of hydrogen-bond acceptors (Lipinski definition) is 7. The van der Waals surface area contributed by atoms with Gasteiger partial charge in [0.15, 0.2) is 0 Å². The molecule has 0 aliphatic rings. The van der Waals surface area contributed by atoms with Gasteiger partial charge in [0, 0.05) is 0 Å². The first-order valence-corrected chi connectivity index (χ1v) is 12.3. The number of hydrogen-bond donors (Lipinski definition) is 6. The first kappa shape index (κ1) is 30.1. The van der Waals surface area contributed by atoms with Crippen molar-refractivity contribution in [2.24, 2.45) is 17.6 Å². The average molecular weight is 477 g/mol. The van der Waals surface area contributed by atoms with Crippen LogP contribution in [0.4, 0.5) is 0 Å². The van der Waals surface area contributed by atoms with Crippen LogP contribution >= 0.6 is 11.8 Å². The van der Waals surface area contributed by atoms with Gasteiger partial charge in [-0.25, -0.2) is 4.79 Å². The molecule has 186 valence electrons. The van der Waals surface area contributed by atoms with Gasteiger partial charge < -0.3 is 31.9 Å². The van der Waals surface area contributed by atoms with Crippen LogP contribution in [0.2, 0.25) is 0 Å². The maximum absolute atomic E-state index is 13.0. The zero-order chi connectivity index (χ0) is 25.0. The van der Waals surface area contributed by atoms with Crippen molar-refractivity contribution >= 4 is 35.5 Å². The third kappa shape index (κ3) is 10.6. The summed E-state index contributed by atoms with van der Waals surface area (Å²) in [5, 5.41) is 26.9. The van der Waals surface area contributed by atoms with E-state index in [1.54, 1.807) is 18.7 Å². The Bertz CT molecular complexity index is 631. The Hall–Kier alpha value is -1.85. The molecule has 0 aromatic heterocycles. The molecule has 0 aliphatic heterocycles. The summed E-state index contributed by atoms with van der Waals surface area (Å²) in [6.45, 7) is 8.59. The van der Waals surface area contributed by atoms with E-state index in [1.165, 1.54) is 6.92 Å². The second-order valence-corrected chi connectivity index (χ2v) is 9.50. The molecule has 32 heavy (non-hydrogen) atoms. The van der Waals surface area contributed by atoms with E-state index in [4.69, 9.17) is 5.73 Å². The maximum atomic E-state index is 13.0. The standard InChI is InChI=1S/C21H40N4O6S/c1-7-12(4)16(24-18(27)14(22)8-9-32-6)19(28)25-17(13(5)26)20(29)23-15(21(30)31)10-11(2)3/h11-17,26H,7-10,22H2,1-6H3,(H,23,29)(H,24,27)(H,25,28)(H,30,31). The third-order valence-corrected chi connectivity index (χ3v) is 5.79. The van der Waals surface area contributed by atoms with E-state index in [2.05, 4.69) is 16.0 Å². The first-order chi connectivity index (χ1) is 14.8. The predicted molar refractivity (Wildman–Crippen MR) is 125 cm³/mol. The lowest BCUT2D eigenvalue weighted by Crippen LogP contribution is -2.61. The molecule has 0 aromatic rings. The highest BCUT2D eigenvalue weighted by molar-refractivity contribution is 7.98. The fourth-order valence-corrected chi connectivity index (χ4v) is 3.43. The summed E-state index contributed by atoms with van der Waals surface area (Å²) in [5.41, 5.74) is 5.90. The number of nitrogens with one attached hydrogen (secondary N) is 3. The smallest absolute Gasteiger partial charge is 0.326 e. The minimum atomic E-state index is -1.38. The molecule has 0 heterocycles. The van der Waals surface area contributed by atoms with Gasteiger partial charge in [-0.05, 0) is 43.6 Å². The van der Waals surface area contributed by atoms with Crippen LogP contribution in [0.3, 0.4) is 0 Å². The Kier molecular flexibility index (Phi) is 14.2. The molecule has 3 amide bonds. The molecule has 0 aliphatic carbocycles. The Morgan fingerprint density at radius 1 is 0.938 bits per heavy atom. The van der Waals surface area contributed by atoms with Gasteiger partial charge in [-0.15, -0.1) is 0 Å². The summed E-state index contributed by atoms with van der Waals surface area (Å²) in [6, 6.07) is -4.27. The van der Waals surface area contributed by atoms with Gasteiger partial charge in [0.1, 0.15) is 18.1 Å². The molecule has 6 unspecified atom stereocenters. The summed E-state index contributed by atoms with van der Waals surface area (Å²) < 4.78 is 0. The van der Waals surface area contributed by atoms with E-state index < -0.39 is 54.0 Å². The number of rotatable bonds is 15. The van der Waals surface area contributed by atoms with Crippen molar-refractivity contribution in [1.82, 2.24) is 16.0 Å². The molecular weight excluding hydrogens is 436 g/mol. The third-order valence-electron chi connectivity index (χ3n) is 5.15. The van der Waals surface area contributed by atoms with Crippen molar-refractivity contribution in [2.75, 3.05) is 12.0 Å². The SMILES string of the molecule is CCC(C)C(NC(=O)C(N)CCSC)C(=O)NC(C(=O)NC(CC(C)C)C(=O)O)C(C)O. The molecule has 11 heteroatoms. The molecule has 6 atom stereocenters. The minimum Gasteiger partial charge on any atom is -0.480 e. The topological polar surface area (TPSA) is 171 Å². The summed E-state index contributed by atoms with van der Waals surface area (Å²) in [6.07, 6.45) is 1.83. The normalized spacial score (nSPS) is 16.9.